The lowest BCUT2D eigenvalue weighted by atomic mass is 9.75. The van der Waals surface area contributed by atoms with Gasteiger partial charge in [0, 0.05) is 32.8 Å². The minimum Gasteiger partial charge on any atom is -0.377 e. The Morgan fingerprint density at radius 1 is 0.958 bits per heavy atom. The highest BCUT2D eigenvalue weighted by Crippen LogP contribution is 2.42. The number of carbonyl (C=O) groups excluding carboxylic acids is 1. The number of hydrogen-bond acceptors (Lipinski definition) is 5. The molecule has 0 aliphatic carbocycles. The normalized spacial score (nSPS) is 35.3. The van der Waals surface area contributed by atoms with Crippen LogP contribution in [0.1, 0.15) is 38.5 Å². The molecule has 136 valence electrons. The van der Waals surface area contributed by atoms with Crippen LogP contribution in [0.2, 0.25) is 0 Å². The Balaban J connectivity index is 1.39. The average Bonchev–Trinajstić information content (AvgIpc) is 3.30. The molecule has 4 rings (SSSR count). The first-order chi connectivity index (χ1) is 11.8. The van der Waals surface area contributed by atoms with E-state index in [-0.39, 0.29) is 17.4 Å². The fourth-order valence-electron chi connectivity index (χ4n) is 4.85. The Labute approximate surface area is 145 Å². The molecule has 0 N–H and O–H groups in total. The molecule has 0 spiro atoms. The molecule has 24 heavy (non-hydrogen) atoms. The van der Waals surface area contributed by atoms with Crippen LogP contribution in [0.15, 0.2) is 0 Å². The van der Waals surface area contributed by atoms with Gasteiger partial charge in [-0.05, 0) is 45.2 Å². The average molecular weight is 337 g/mol. The standard InChI is InChI=1S/C18H31N3O3/c22-17(21-9-4-13-24-21)18-6-14-23-16(18)5-10-20(15-18)12-11-19-7-2-1-3-8-19/h16H,1-15H2/t16-,18-/m1/s1. The van der Waals surface area contributed by atoms with Gasteiger partial charge in [-0.25, -0.2) is 5.06 Å². The molecule has 0 aromatic rings. The maximum Gasteiger partial charge on any atom is 0.256 e. The lowest BCUT2D eigenvalue weighted by molar-refractivity contribution is -0.187. The summed E-state index contributed by atoms with van der Waals surface area (Å²) in [6, 6.07) is 0. The van der Waals surface area contributed by atoms with Crippen LogP contribution in [0.5, 0.6) is 0 Å². The SMILES string of the molecule is O=C(N1CCCO1)[C@@]12CCO[C@@H]1CCN(CCN1CCCCC1)C2. The largest absolute Gasteiger partial charge is 0.377 e. The molecule has 0 radical (unpaired) electrons. The zero-order valence-electron chi connectivity index (χ0n) is 14.8. The van der Waals surface area contributed by atoms with Gasteiger partial charge in [0.2, 0.25) is 0 Å². The molecule has 0 aromatic carbocycles. The molecule has 0 unspecified atom stereocenters. The maximum absolute atomic E-state index is 13.1. The lowest BCUT2D eigenvalue weighted by Crippen LogP contribution is -2.58. The van der Waals surface area contributed by atoms with Crippen LogP contribution in [0.25, 0.3) is 0 Å². The second-order valence-corrected chi connectivity index (χ2v) is 7.83. The molecule has 4 saturated heterocycles. The molecule has 4 aliphatic heterocycles. The summed E-state index contributed by atoms with van der Waals surface area (Å²) >= 11 is 0. The predicted octanol–water partition coefficient (Wildman–Crippen LogP) is 1.12. The summed E-state index contributed by atoms with van der Waals surface area (Å²) in [5.41, 5.74) is -0.371. The molecular formula is C18H31N3O3. The zero-order valence-corrected chi connectivity index (χ0v) is 14.8. The second-order valence-electron chi connectivity index (χ2n) is 7.83. The Bertz CT molecular complexity index is 449. The maximum atomic E-state index is 13.1. The molecule has 6 nitrogen and oxygen atoms in total. The van der Waals surface area contributed by atoms with Gasteiger partial charge in [0.1, 0.15) is 0 Å². The summed E-state index contributed by atoms with van der Waals surface area (Å²) in [5.74, 6) is 0.171. The minimum atomic E-state index is -0.371. The second kappa shape index (κ2) is 7.28. The quantitative estimate of drug-likeness (QED) is 0.769. The van der Waals surface area contributed by atoms with Gasteiger partial charge in [-0.3, -0.25) is 9.63 Å². The van der Waals surface area contributed by atoms with E-state index in [0.717, 1.165) is 52.0 Å². The van der Waals surface area contributed by atoms with Crippen LogP contribution in [-0.4, -0.2) is 85.9 Å². The molecule has 6 heteroatoms. The summed E-state index contributed by atoms with van der Waals surface area (Å²) < 4.78 is 5.94. The van der Waals surface area contributed by atoms with Crippen molar-refractivity contribution >= 4 is 5.91 Å². The van der Waals surface area contributed by atoms with E-state index in [1.807, 2.05) is 0 Å². The van der Waals surface area contributed by atoms with E-state index < -0.39 is 0 Å². The van der Waals surface area contributed by atoms with E-state index in [4.69, 9.17) is 9.57 Å². The molecule has 0 aromatic heterocycles. The first kappa shape index (κ1) is 16.8. The highest BCUT2D eigenvalue weighted by Gasteiger charge is 2.55. The zero-order chi connectivity index (χ0) is 16.4. The van der Waals surface area contributed by atoms with Crippen LogP contribution >= 0.6 is 0 Å². The molecule has 4 heterocycles. The van der Waals surface area contributed by atoms with E-state index in [1.54, 1.807) is 5.06 Å². The number of carbonyl (C=O) groups is 1. The number of likely N-dealkylation sites (tertiary alicyclic amines) is 2. The molecule has 0 bridgehead atoms. The number of hydrogen-bond donors (Lipinski definition) is 0. The number of rotatable bonds is 4. The molecular weight excluding hydrogens is 306 g/mol. The van der Waals surface area contributed by atoms with Gasteiger partial charge in [0.15, 0.2) is 0 Å². The van der Waals surface area contributed by atoms with Gasteiger partial charge in [-0.15, -0.1) is 0 Å². The monoisotopic (exact) mass is 337 g/mol. The topological polar surface area (TPSA) is 45.3 Å². The van der Waals surface area contributed by atoms with E-state index >= 15 is 0 Å². The lowest BCUT2D eigenvalue weighted by Gasteiger charge is -2.44. The summed E-state index contributed by atoms with van der Waals surface area (Å²) in [4.78, 5) is 23.8. The summed E-state index contributed by atoms with van der Waals surface area (Å²) in [6.45, 7) is 8.70. The van der Waals surface area contributed by atoms with Crippen molar-refractivity contribution in [1.29, 1.82) is 0 Å². The summed E-state index contributed by atoms with van der Waals surface area (Å²) in [5, 5.41) is 1.62. The van der Waals surface area contributed by atoms with Crippen molar-refractivity contribution in [2.45, 2.75) is 44.6 Å². The third-order valence-electron chi connectivity index (χ3n) is 6.28. The van der Waals surface area contributed by atoms with E-state index in [0.29, 0.717) is 13.2 Å². The fraction of sp³-hybridized carbons (Fsp3) is 0.944. The van der Waals surface area contributed by atoms with Crippen LogP contribution < -0.4 is 0 Å². The van der Waals surface area contributed by atoms with Crippen molar-refractivity contribution in [2.75, 3.05) is 59.0 Å². The molecule has 1 amide bonds. The van der Waals surface area contributed by atoms with E-state index in [9.17, 15) is 4.79 Å². The van der Waals surface area contributed by atoms with Crippen molar-refractivity contribution in [2.24, 2.45) is 5.41 Å². The minimum absolute atomic E-state index is 0.0837. The van der Waals surface area contributed by atoms with Crippen molar-refractivity contribution in [3.63, 3.8) is 0 Å². The first-order valence-corrected chi connectivity index (χ1v) is 9.79. The highest BCUT2D eigenvalue weighted by molar-refractivity contribution is 5.83. The van der Waals surface area contributed by atoms with Crippen LogP contribution in [0, 0.1) is 5.41 Å². The number of hydroxylamine groups is 2. The fourth-order valence-corrected chi connectivity index (χ4v) is 4.85. The van der Waals surface area contributed by atoms with Crippen molar-refractivity contribution in [1.82, 2.24) is 14.9 Å². The van der Waals surface area contributed by atoms with E-state index in [2.05, 4.69) is 9.80 Å². The van der Waals surface area contributed by atoms with Crippen LogP contribution in [0.4, 0.5) is 0 Å². The Morgan fingerprint density at radius 2 is 1.79 bits per heavy atom. The molecule has 4 aliphatic rings. The number of ether oxygens (including phenoxy) is 1. The van der Waals surface area contributed by atoms with Gasteiger partial charge < -0.3 is 14.5 Å². The number of fused-ring (bicyclic) bond motifs is 1. The van der Waals surface area contributed by atoms with Gasteiger partial charge in [-0.2, -0.15) is 0 Å². The summed E-state index contributed by atoms with van der Waals surface area (Å²) in [6.07, 6.45) is 6.91. The summed E-state index contributed by atoms with van der Waals surface area (Å²) in [7, 11) is 0. The first-order valence-electron chi connectivity index (χ1n) is 9.79. The Kier molecular flexibility index (Phi) is 5.08. The van der Waals surface area contributed by atoms with Crippen LogP contribution in [0.3, 0.4) is 0 Å². The molecule has 2 atom stereocenters. The van der Waals surface area contributed by atoms with Crippen molar-refractivity contribution in [3.05, 3.63) is 0 Å². The number of nitrogens with zero attached hydrogens (tertiary/aromatic N) is 3. The van der Waals surface area contributed by atoms with E-state index in [1.165, 1.54) is 32.4 Å². The molecule has 4 fully saturated rings. The smallest absolute Gasteiger partial charge is 0.256 e. The van der Waals surface area contributed by atoms with Gasteiger partial charge in [0.25, 0.3) is 5.91 Å². The predicted molar refractivity (Wildman–Crippen MR) is 90.4 cm³/mol. The number of piperidine rings is 2. The third-order valence-corrected chi connectivity index (χ3v) is 6.28. The van der Waals surface area contributed by atoms with Crippen molar-refractivity contribution in [3.8, 4) is 0 Å². The van der Waals surface area contributed by atoms with Gasteiger partial charge in [0.05, 0.1) is 24.7 Å². The highest BCUT2D eigenvalue weighted by atomic mass is 16.7. The third kappa shape index (κ3) is 3.21. The molecule has 0 saturated carbocycles. The Morgan fingerprint density at radius 3 is 2.58 bits per heavy atom. The van der Waals surface area contributed by atoms with Crippen LogP contribution in [-0.2, 0) is 14.4 Å². The Hall–Kier alpha value is -0.690. The number of amides is 1. The van der Waals surface area contributed by atoms with Crippen molar-refractivity contribution < 1.29 is 14.4 Å². The van der Waals surface area contributed by atoms with Gasteiger partial charge in [-0.1, -0.05) is 6.42 Å². The van der Waals surface area contributed by atoms with Gasteiger partial charge >= 0.3 is 0 Å².